The highest BCUT2D eigenvalue weighted by Crippen LogP contribution is 2.40. The van der Waals surface area contributed by atoms with Gasteiger partial charge in [-0.3, -0.25) is 4.98 Å². The molecule has 156 valence electrons. The number of methoxy groups -OCH3 is 3. The average molecular weight is 412 g/mol. The summed E-state index contributed by atoms with van der Waals surface area (Å²) in [7, 11) is 4.86. The van der Waals surface area contributed by atoms with Crippen molar-refractivity contribution >= 4 is 27.9 Å². The molecule has 0 aliphatic carbocycles. The summed E-state index contributed by atoms with van der Waals surface area (Å²) in [5.41, 5.74) is 5.50. The maximum absolute atomic E-state index is 5.58. The SMILES string of the molecule is C=C(c1ccc(Nc2cccc3ncccc23)cc1)c1c(OC)cc(OC)cc1OC. The molecule has 0 aliphatic rings. The fraction of sp³-hybridized carbons (Fsp3) is 0.115. The molecular weight excluding hydrogens is 388 g/mol. The van der Waals surface area contributed by atoms with E-state index in [0.717, 1.165) is 39.0 Å². The quantitative estimate of drug-likeness (QED) is 0.399. The monoisotopic (exact) mass is 412 g/mol. The lowest BCUT2D eigenvalue weighted by Gasteiger charge is -2.17. The lowest BCUT2D eigenvalue weighted by Crippen LogP contribution is -1.99. The molecule has 0 saturated heterocycles. The maximum atomic E-state index is 5.58. The van der Waals surface area contributed by atoms with Crippen LogP contribution in [-0.2, 0) is 0 Å². The highest BCUT2D eigenvalue weighted by molar-refractivity contribution is 5.93. The first-order valence-electron chi connectivity index (χ1n) is 9.85. The average Bonchev–Trinajstić information content (AvgIpc) is 2.83. The highest BCUT2D eigenvalue weighted by atomic mass is 16.5. The molecule has 0 spiro atoms. The van der Waals surface area contributed by atoms with E-state index in [1.807, 2.05) is 60.7 Å². The van der Waals surface area contributed by atoms with E-state index in [0.29, 0.717) is 17.2 Å². The minimum atomic E-state index is 0.645. The Balaban J connectivity index is 1.63. The second-order valence-electron chi connectivity index (χ2n) is 6.96. The zero-order valence-electron chi connectivity index (χ0n) is 17.8. The molecule has 0 aliphatic heterocycles. The molecule has 0 bridgehead atoms. The van der Waals surface area contributed by atoms with Crippen LogP contribution in [0.15, 0.2) is 79.5 Å². The van der Waals surface area contributed by atoms with E-state index in [1.165, 1.54) is 0 Å². The molecule has 0 atom stereocenters. The van der Waals surface area contributed by atoms with E-state index in [9.17, 15) is 0 Å². The van der Waals surface area contributed by atoms with Crippen LogP contribution < -0.4 is 19.5 Å². The molecule has 5 nitrogen and oxygen atoms in total. The van der Waals surface area contributed by atoms with Crippen LogP contribution in [-0.4, -0.2) is 26.3 Å². The lowest BCUT2D eigenvalue weighted by molar-refractivity contribution is 0.374. The van der Waals surface area contributed by atoms with Crippen LogP contribution in [0.5, 0.6) is 17.2 Å². The Bertz CT molecular complexity index is 1200. The Morgan fingerprint density at radius 1 is 0.839 bits per heavy atom. The second-order valence-corrected chi connectivity index (χ2v) is 6.96. The summed E-state index contributed by atoms with van der Waals surface area (Å²) in [5, 5.41) is 4.55. The van der Waals surface area contributed by atoms with Crippen LogP contribution in [0.3, 0.4) is 0 Å². The number of hydrogen-bond donors (Lipinski definition) is 1. The fourth-order valence-electron chi connectivity index (χ4n) is 3.57. The molecule has 0 radical (unpaired) electrons. The Morgan fingerprint density at radius 3 is 2.19 bits per heavy atom. The normalized spacial score (nSPS) is 10.5. The predicted octanol–water partition coefficient (Wildman–Crippen LogP) is 6.07. The molecule has 0 fully saturated rings. The summed E-state index contributed by atoms with van der Waals surface area (Å²) < 4.78 is 16.5. The number of aromatic nitrogens is 1. The number of benzene rings is 3. The summed E-state index contributed by atoms with van der Waals surface area (Å²) in [6, 6.07) is 21.8. The van der Waals surface area contributed by atoms with Gasteiger partial charge < -0.3 is 19.5 Å². The molecule has 5 heteroatoms. The van der Waals surface area contributed by atoms with Crippen molar-refractivity contribution in [1.82, 2.24) is 4.98 Å². The minimum absolute atomic E-state index is 0.645. The summed E-state index contributed by atoms with van der Waals surface area (Å²) >= 11 is 0. The Hall–Kier alpha value is -3.99. The molecule has 0 saturated carbocycles. The van der Waals surface area contributed by atoms with Gasteiger partial charge in [0.1, 0.15) is 17.2 Å². The van der Waals surface area contributed by atoms with Crippen molar-refractivity contribution in [2.75, 3.05) is 26.6 Å². The van der Waals surface area contributed by atoms with Gasteiger partial charge in [0.2, 0.25) is 0 Å². The van der Waals surface area contributed by atoms with Crippen molar-refractivity contribution in [2.45, 2.75) is 0 Å². The van der Waals surface area contributed by atoms with Crippen molar-refractivity contribution in [1.29, 1.82) is 0 Å². The number of anilines is 2. The Morgan fingerprint density at radius 2 is 1.55 bits per heavy atom. The first-order chi connectivity index (χ1) is 15.1. The highest BCUT2D eigenvalue weighted by Gasteiger charge is 2.17. The van der Waals surface area contributed by atoms with E-state index in [-0.39, 0.29) is 0 Å². The van der Waals surface area contributed by atoms with E-state index in [4.69, 9.17) is 14.2 Å². The number of nitrogens with one attached hydrogen (secondary N) is 1. The van der Waals surface area contributed by atoms with Crippen LogP contribution >= 0.6 is 0 Å². The summed E-state index contributed by atoms with van der Waals surface area (Å²) in [5.74, 6) is 1.95. The summed E-state index contributed by atoms with van der Waals surface area (Å²) in [6.07, 6.45) is 1.80. The molecule has 4 aromatic rings. The first kappa shape index (κ1) is 20.3. The van der Waals surface area contributed by atoms with E-state index in [1.54, 1.807) is 27.5 Å². The van der Waals surface area contributed by atoms with Crippen LogP contribution in [0.25, 0.3) is 16.5 Å². The third-order valence-corrected chi connectivity index (χ3v) is 5.17. The topological polar surface area (TPSA) is 52.6 Å². The van der Waals surface area contributed by atoms with Gasteiger partial charge >= 0.3 is 0 Å². The molecule has 0 unspecified atom stereocenters. The van der Waals surface area contributed by atoms with Gasteiger partial charge in [0.15, 0.2) is 0 Å². The smallest absolute Gasteiger partial charge is 0.134 e. The van der Waals surface area contributed by atoms with Crippen LogP contribution in [0.2, 0.25) is 0 Å². The molecule has 0 amide bonds. The van der Waals surface area contributed by atoms with Crippen LogP contribution in [0.4, 0.5) is 11.4 Å². The van der Waals surface area contributed by atoms with E-state index >= 15 is 0 Å². The van der Waals surface area contributed by atoms with Gasteiger partial charge in [0, 0.05) is 35.1 Å². The minimum Gasteiger partial charge on any atom is -0.496 e. The number of nitrogens with zero attached hydrogens (tertiary/aromatic N) is 1. The first-order valence-corrected chi connectivity index (χ1v) is 9.85. The Kier molecular flexibility index (Phi) is 5.76. The third-order valence-electron chi connectivity index (χ3n) is 5.17. The third kappa shape index (κ3) is 4.03. The van der Waals surface area contributed by atoms with Crippen molar-refractivity contribution in [3.8, 4) is 17.2 Å². The van der Waals surface area contributed by atoms with Crippen molar-refractivity contribution in [2.24, 2.45) is 0 Å². The molecule has 31 heavy (non-hydrogen) atoms. The summed E-state index contributed by atoms with van der Waals surface area (Å²) in [4.78, 5) is 4.42. The second kappa shape index (κ2) is 8.79. The number of ether oxygens (including phenoxy) is 3. The van der Waals surface area contributed by atoms with Gasteiger partial charge in [-0.1, -0.05) is 24.8 Å². The van der Waals surface area contributed by atoms with Crippen molar-refractivity contribution in [3.05, 3.63) is 90.6 Å². The number of pyridine rings is 1. The van der Waals surface area contributed by atoms with Crippen molar-refractivity contribution < 1.29 is 14.2 Å². The standard InChI is InChI=1S/C26H24N2O3/c1-17(26-24(30-3)15-20(29-2)16-25(26)31-4)18-10-12-19(13-11-18)28-23-9-5-8-22-21(23)7-6-14-27-22/h5-16,28H,1H2,2-4H3. The number of fused-ring (bicyclic) bond motifs is 1. The molecule has 1 aromatic heterocycles. The zero-order chi connectivity index (χ0) is 21.8. The van der Waals surface area contributed by atoms with Gasteiger partial charge in [0.25, 0.3) is 0 Å². The van der Waals surface area contributed by atoms with Crippen LogP contribution in [0.1, 0.15) is 11.1 Å². The van der Waals surface area contributed by atoms with Gasteiger partial charge in [-0.2, -0.15) is 0 Å². The molecule has 3 aromatic carbocycles. The van der Waals surface area contributed by atoms with Gasteiger partial charge in [0.05, 0.1) is 32.4 Å². The Labute approximate surface area is 181 Å². The molecule has 1 heterocycles. The largest absolute Gasteiger partial charge is 0.496 e. The van der Waals surface area contributed by atoms with Gasteiger partial charge in [-0.25, -0.2) is 0 Å². The summed E-state index contributed by atoms with van der Waals surface area (Å²) in [6.45, 7) is 4.29. The zero-order valence-corrected chi connectivity index (χ0v) is 17.8. The fourth-order valence-corrected chi connectivity index (χ4v) is 3.57. The molecule has 4 rings (SSSR count). The lowest BCUT2D eigenvalue weighted by atomic mass is 9.97. The maximum Gasteiger partial charge on any atom is 0.134 e. The van der Waals surface area contributed by atoms with Gasteiger partial charge in [-0.15, -0.1) is 0 Å². The van der Waals surface area contributed by atoms with Crippen molar-refractivity contribution in [3.63, 3.8) is 0 Å². The van der Waals surface area contributed by atoms with Gasteiger partial charge in [-0.05, 0) is 47.5 Å². The van der Waals surface area contributed by atoms with Crippen LogP contribution in [0, 0.1) is 0 Å². The molecular formula is C26H24N2O3. The molecule has 1 N–H and O–H groups in total. The van der Waals surface area contributed by atoms with E-state index in [2.05, 4.69) is 22.9 Å². The number of hydrogen-bond acceptors (Lipinski definition) is 5. The number of rotatable bonds is 7. The predicted molar refractivity (Wildman–Crippen MR) is 126 cm³/mol. The van der Waals surface area contributed by atoms with E-state index < -0.39 is 0 Å².